The number of amides is 1. The van der Waals surface area contributed by atoms with E-state index >= 15 is 0 Å². The molecule has 0 aromatic heterocycles. The maximum atomic E-state index is 12.5. The summed E-state index contributed by atoms with van der Waals surface area (Å²) in [6.45, 7) is 4.83. The molecule has 0 heterocycles. The highest BCUT2D eigenvalue weighted by atomic mass is 16.2. The molecule has 1 fully saturated rings. The Kier molecular flexibility index (Phi) is 6.00. The van der Waals surface area contributed by atoms with Gasteiger partial charge in [0.25, 0.3) is 0 Å². The molecule has 1 aromatic rings. The molecule has 1 aliphatic carbocycles. The Hall–Kier alpha value is -1.82. The summed E-state index contributed by atoms with van der Waals surface area (Å²) in [5.74, 6) is 1.01. The van der Waals surface area contributed by atoms with Crippen LogP contribution in [0.1, 0.15) is 69.5 Å². The number of rotatable bonds is 6. The van der Waals surface area contributed by atoms with Gasteiger partial charge in [0.05, 0.1) is 17.7 Å². The van der Waals surface area contributed by atoms with Crippen LogP contribution in [0.5, 0.6) is 0 Å². The molecule has 22 heavy (non-hydrogen) atoms. The van der Waals surface area contributed by atoms with Gasteiger partial charge in [-0.05, 0) is 43.9 Å². The topological polar surface area (TPSA) is 44.1 Å². The maximum absolute atomic E-state index is 12.5. The second-order valence-electron chi connectivity index (χ2n) is 6.28. The lowest BCUT2D eigenvalue weighted by Crippen LogP contribution is -2.33. The molecule has 3 nitrogen and oxygen atoms in total. The molecule has 0 radical (unpaired) electrons. The Labute approximate surface area is 133 Å². The average molecular weight is 298 g/mol. The lowest BCUT2D eigenvalue weighted by Gasteiger charge is -2.29. The standard InChI is InChI=1S/C19H26N2O/c1-3-21(19(22)13-10-16-6-4-5-7-16)15(2)18-11-8-17(14-20)9-12-18/h8-9,11-12,15-16H,3-7,10,13H2,1-2H3. The van der Waals surface area contributed by atoms with Crippen LogP contribution in [-0.4, -0.2) is 17.4 Å². The third-order valence-electron chi connectivity index (χ3n) is 4.89. The van der Waals surface area contributed by atoms with E-state index in [0.29, 0.717) is 12.0 Å². The predicted octanol–water partition coefficient (Wildman–Crippen LogP) is 4.44. The lowest BCUT2D eigenvalue weighted by molar-refractivity contribution is -0.133. The van der Waals surface area contributed by atoms with Crippen molar-refractivity contribution in [3.8, 4) is 6.07 Å². The molecule has 0 saturated heterocycles. The van der Waals surface area contributed by atoms with Crippen LogP contribution < -0.4 is 0 Å². The van der Waals surface area contributed by atoms with Crippen LogP contribution in [0.15, 0.2) is 24.3 Å². The Morgan fingerprint density at radius 1 is 1.32 bits per heavy atom. The molecule has 0 spiro atoms. The first-order chi connectivity index (χ1) is 10.7. The third-order valence-corrected chi connectivity index (χ3v) is 4.89. The van der Waals surface area contributed by atoms with Gasteiger partial charge in [0.1, 0.15) is 0 Å². The van der Waals surface area contributed by atoms with Crippen molar-refractivity contribution in [2.24, 2.45) is 5.92 Å². The van der Waals surface area contributed by atoms with Crippen LogP contribution >= 0.6 is 0 Å². The summed E-state index contributed by atoms with van der Waals surface area (Å²) >= 11 is 0. The number of carbonyl (C=O) groups excluding carboxylic acids is 1. The van der Waals surface area contributed by atoms with E-state index in [-0.39, 0.29) is 11.9 Å². The minimum Gasteiger partial charge on any atom is -0.336 e. The van der Waals surface area contributed by atoms with Gasteiger partial charge in [0, 0.05) is 13.0 Å². The Balaban J connectivity index is 1.95. The number of carbonyl (C=O) groups is 1. The van der Waals surface area contributed by atoms with E-state index in [1.807, 2.05) is 36.1 Å². The highest BCUT2D eigenvalue weighted by molar-refractivity contribution is 5.76. The van der Waals surface area contributed by atoms with Gasteiger partial charge in [-0.3, -0.25) is 4.79 Å². The largest absolute Gasteiger partial charge is 0.336 e. The summed E-state index contributed by atoms with van der Waals surface area (Å²) in [4.78, 5) is 14.5. The number of hydrogen-bond acceptors (Lipinski definition) is 2. The third kappa shape index (κ3) is 4.10. The van der Waals surface area contributed by atoms with Crippen molar-refractivity contribution in [3.05, 3.63) is 35.4 Å². The molecule has 0 aliphatic heterocycles. The molecular weight excluding hydrogens is 272 g/mol. The van der Waals surface area contributed by atoms with E-state index in [2.05, 4.69) is 13.0 Å². The fraction of sp³-hybridized carbons (Fsp3) is 0.579. The molecule has 0 N–H and O–H groups in total. The molecule has 1 atom stereocenters. The first-order valence-electron chi connectivity index (χ1n) is 8.45. The van der Waals surface area contributed by atoms with E-state index in [0.717, 1.165) is 24.4 Å². The molecule has 1 saturated carbocycles. The van der Waals surface area contributed by atoms with Gasteiger partial charge in [-0.15, -0.1) is 0 Å². The predicted molar refractivity (Wildman–Crippen MR) is 88.2 cm³/mol. The summed E-state index contributed by atoms with van der Waals surface area (Å²) in [5.41, 5.74) is 1.75. The quantitative estimate of drug-likeness (QED) is 0.779. The van der Waals surface area contributed by atoms with Crippen LogP contribution in [0.25, 0.3) is 0 Å². The minimum atomic E-state index is 0.0637. The number of benzene rings is 1. The second kappa shape index (κ2) is 7.98. The molecule has 3 heteroatoms. The van der Waals surface area contributed by atoms with Crippen LogP contribution in [0, 0.1) is 17.2 Å². The molecule has 2 rings (SSSR count). The minimum absolute atomic E-state index is 0.0637. The van der Waals surface area contributed by atoms with Crippen molar-refractivity contribution in [3.63, 3.8) is 0 Å². The molecule has 1 unspecified atom stereocenters. The first-order valence-corrected chi connectivity index (χ1v) is 8.45. The van der Waals surface area contributed by atoms with E-state index in [1.54, 1.807) is 0 Å². The SMILES string of the molecule is CCN(C(=O)CCC1CCCC1)C(C)c1ccc(C#N)cc1. The van der Waals surface area contributed by atoms with Gasteiger partial charge in [0.2, 0.25) is 5.91 Å². The van der Waals surface area contributed by atoms with Gasteiger partial charge < -0.3 is 4.90 Å². The summed E-state index contributed by atoms with van der Waals surface area (Å²) in [6, 6.07) is 9.75. The molecule has 1 aliphatic rings. The van der Waals surface area contributed by atoms with Crippen LogP contribution in [0.4, 0.5) is 0 Å². The zero-order valence-corrected chi connectivity index (χ0v) is 13.7. The van der Waals surface area contributed by atoms with Gasteiger partial charge in [-0.2, -0.15) is 5.26 Å². The van der Waals surface area contributed by atoms with Gasteiger partial charge in [0.15, 0.2) is 0 Å². The Bertz CT molecular complexity index is 523. The van der Waals surface area contributed by atoms with E-state index in [9.17, 15) is 4.79 Å². The van der Waals surface area contributed by atoms with Crippen molar-refractivity contribution < 1.29 is 4.79 Å². The monoisotopic (exact) mass is 298 g/mol. The van der Waals surface area contributed by atoms with Crippen molar-refractivity contribution >= 4 is 5.91 Å². The molecule has 0 bridgehead atoms. The summed E-state index contributed by atoms with van der Waals surface area (Å²) in [6.07, 6.45) is 6.96. The molecule has 1 aromatic carbocycles. The summed E-state index contributed by atoms with van der Waals surface area (Å²) in [5, 5.41) is 8.87. The molecular formula is C19H26N2O. The van der Waals surface area contributed by atoms with Crippen LogP contribution in [0.3, 0.4) is 0 Å². The normalized spacial score (nSPS) is 16.2. The van der Waals surface area contributed by atoms with Crippen LogP contribution in [-0.2, 0) is 4.79 Å². The zero-order valence-electron chi connectivity index (χ0n) is 13.7. The van der Waals surface area contributed by atoms with Gasteiger partial charge in [-0.25, -0.2) is 0 Å². The first kappa shape index (κ1) is 16.5. The van der Waals surface area contributed by atoms with Crippen molar-refractivity contribution in [1.82, 2.24) is 4.90 Å². The number of nitrogens with zero attached hydrogens (tertiary/aromatic N) is 2. The van der Waals surface area contributed by atoms with Gasteiger partial charge >= 0.3 is 0 Å². The lowest BCUT2D eigenvalue weighted by atomic mass is 10.00. The van der Waals surface area contributed by atoms with Gasteiger partial charge in [-0.1, -0.05) is 37.8 Å². The van der Waals surface area contributed by atoms with Crippen molar-refractivity contribution in [1.29, 1.82) is 5.26 Å². The maximum Gasteiger partial charge on any atom is 0.223 e. The van der Waals surface area contributed by atoms with E-state index < -0.39 is 0 Å². The highest BCUT2D eigenvalue weighted by Crippen LogP contribution is 2.29. The van der Waals surface area contributed by atoms with E-state index in [4.69, 9.17) is 5.26 Å². The Morgan fingerprint density at radius 2 is 1.95 bits per heavy atom. The fourth-order valence-corrected chi connectivity index (χ4v) is 3.45. The summed E-state index contributed by atoms with van der Waals surface area (Å²) in [7, 11) is 0. The smallest absolute Gasteiger partial charge is 0.223 e. The Morgan fingerprint density at radius 3 is 2.50 bits per heavy atom. The fourth-order valence-electron chi connectivity index (χ4n) is 3.45. The summed E-state index contributed by atoms with van der Waals surface area (Å²) < 4.78 is 0. The number of hydrogen-bond donors (Lipinski definition) is 0. The number of nitriles is 1. The van der Waals surface area contributed by atoms with Crippen LogP contribution in [0.2, 0.25) is 0 Å². The van der Waals surface area contributed by atoms with E-state index in [1.165, 1.54) is 25.7 Å². The second-order valence-corrected chi connectivity index (χ2v) is 6.28. The zero-order chi connectivity index (χ0) is 15.9. The average Bonchev–Trinajstić information content (AvgIpc) is 3.07. The van der Waals surface area contributed by atoms with Crippen molar-refractivity contribution in [2.45, 2.75) is 58.4 Å². The molecule has 1 amide bonds. The molecule has 118 valence electrons. The van der Waals surface area contributed by atoms with Crippen molar-refractivity contribution in [2.75, 3.05) is 6.54 Å². The highest BCUT2D eigenvalue weighted by Gasteiger charge is 2.22.